The fraction of sp³-hybridized carbons (Fsp3) is 0.538. The number of phenols is 1. The van der Waals surface area contributed by atoms with Gasteiger partial charge < -0.3 is 10.2 Å². The van der Waals surface area contributed by atoms with Gasteiger partial charge in [-0.2, -0.15) is 0 Å². The Bertz CT molecular complexity index is 425. The summed E-state index contributed by atoms with van der Waals surface area (Å²) in [4.78, 5) is 0. The maximum Gasteiger partial charge on any atom is 0.136 e. The number of fused-ring (bicyclic) bond motifs is 1. The minimum Gasteiger partial charge on any atom is -0.506 e. The number of aromatic hydroxyl groups is 1. The summed E-state index contributed by atoms with van der Waals surface area (Å²) in [5.74, 6) is 0.216. The van der Waals surface area contributed by atoms with E-state index in [0.717, 1.165) is 22.9 Å². The Labute approximate surface area is 104 Å². The van der Waals surface area contributed by atoms with Crippen LogP contribution in [0.1, 0.15) is 48.1 Å². The first kappa shape index (κ1) is 11.9. The second-order valence-electron chi connectivity index (χ2n) is 4.54. The van der Waals surface area contributed by atoms with Gasteiger partial charge in [0.1, 0.15) is 5.75 Å². The average molecular weight is 285 g/mol. The van der Waals surface area contributed by atoms with Gasteiger partial charge in [0.2, 0.25) is 0 Å². The first-order valence-corrected chi connectivity index (χ1v) is 6.54. The molecule has 0 spiro atoms. The van der Waals surface area contributed by atoms with Crippen molar-refractivity contribution in [2.45, 2.75) is 45.6 Å². The molecule has 0 aliphatic heterocycles. The molecular formula is C13H17BrO2. The fourth-order valence-electron chi connectivity index (χ4n) is 2.67. The van der Waals surface area contributed by atoms with Gasteiger partial charge in [-0.1, -0.05) is 0 Å². The predicted octanol–water partition coefficient (Wildman–Crippen LogP) is 3.40. The number of rotatable bonds is 1. The maximum atomic E-state index is 10.1. The van der Waals surface area contributed by atoms with Crippen molar-refractivity contribution in [1.29, 1.82) is 0 Å². The van der Waals surface area contributed by atoms with E-state index in [1.165, 1.54) is 24.0 Å². The summed E-state index contributed by atoms with van der Waals surface area (Å²) < 4.78 is 0.781. The first-order chi connectivity index (χ1) is 7.54. The van der Waals surface area contributed by atoms with Gasteiger partial charge in [0, 0.05) is 5.56 Å². The van der Waals surface area contributed by atoms with Gasteiger partial charge in [0.05, 0.1) is 10.6 Å². The molecule has 0 aromatic heterocycles. The zero-order valence-corrected chi connectivity index (χ0v) is 11.3. The Kier molecular flexibility index (Phi) is 3.27. The Balaban J connectivity index is 2.70. The predicted molar refractivity (Wildman–Crippen MR) is 67.8 cm³/mol. The average Bonchev–Trinajstić information content (AvgIpc) is 2.26. The Morgan fingerprint density at radius 3 is 2.31 bits per heavy atom. The van der Waals surface area contributed by atoms with Crippen molar-refractivity contribution < 1.29 is 10.2 Å². The molecule has 0 saturated carbocycles. The minimum absolute atomic E-state index is 0.216. The molecule has 1 aliphatic carbocycles. The van der Waals surface area contributed by atoms with Crippen LogP contribution in [-0.4, -0.2) is 10.2 Å². The molecule has 0 heterocycles. The van der Waals surface area contributed by atoms with Crippen molar-refractivity contribution in [2.75, 3.05) is 0 Å². The third kappa shape index (κ3) is 1.76. The number of benzene rings is 1. The van der Waals surface area contributed by atoms with E-state index in [1.807, 2.05) is 6.92 Å². The molecule has 2 nitrogen and oxygen atoms in total. The molecule has 1 aromatic carbocycles. The monoisotopic (exact) mass is 284 g/mol. The van der Waals surface area contributed by atoms with E-state index in [4.69, 9.17) is 0 Å². The molecule has 0 fully saturated rings. The number of aliphatic hydroxyl groups excluding tert-OH is 1. The third-order valence-electron chi connectivity index (χ3n) is 3.47. The summed E-state index contributed by atoms with van der Waals surface area (Å²) in [5, 5.41) is 19.8. The van der Waals surface area contributed by atoms with Crippen LogP contribution < -0.4 is 0 Å². The third-order valence-corrected chi connectivity index (χ3v) is 4.32. The lowest BCUT2D eigenvalue weighted by molar-refractivity contribution is 0.193. The van der Waals surface area contributed by atoms with E-state index in [1.54, 1.807) is 6.92 Å². The highest BCUT2D eigenvalue weighted by atomic mass is 79.9. The molecule has 1 aromatic rings. The van der Waals surface area contributed by atoms with E-state index in [2.05, 4.69) is 15.9 Å². The summed E-state index contributed by atoms with van der Waals surface area (Å²) in [5.41, 5.74) is 4.27. The molecule has 16 heavy (non-hydrogen) atoms. The highest BCUT2D eigenvalue weighted by Gasteiger charge is 2.23. The number of phenolic OH excluding ortho intramolecular Hbond substituents is 1. The first-order valence-electron chi connectivity index (χ1n) is 5.74. The van der Waals surface area contributed by atoms with Gasteiger partial charge in [-0.05, 0) is 72.2 Å². The van der Waals surface area contributed by atoms with Crippen LogP contribution in [0.25, 0.3) is 0 Å². The highest BCUT2D eigenvalue weighted by molar-refractivity contribution is 9.10. The zero-order valence-electron chi connectivity index (χ0n) is 9.68. The van der Waals surface area contributed by atoms with Crippen LogP contribution in [0.3, 0.4) is 0 Å². The van der Waals surface area contributed by atoms with E-state index in [-0.39, 0.29) is 5.75 Å². The van der Waals surface area contributed by atoms with Gasteiger partial charge in [0.15, 0.2) is 0 Å². The molecule has 1 unspecified atom stereocenters. The molecule has 0 radical (unpaired) electrons. The van der Waals surface area contributed by atoms with Crippen LogP contribution in [0.4, 0.5) is 0 Å². The van der Waals surface area contributed by atoms with E-state index >= 15 is 0 Å². The smallest absolute Gasteiger partial charge is 0.136 e. The summed E-state index contributed by atoms with van der Waals surface area (Å²) in [6.45, 7) is 3.70. The van der Waals surface area contributed by atoms with Gasteiger partial charge in [-0.25, -0.2) is 0 Å². The molecule has 2 N–H and O–H groups in total. The minimum atomic E-state index is -0.622. The standard InChI is InChI=1S/C13H17BrO2/c1-7-9-5-3-4-6-10(9)12(14)13(16)11(7)8(2)15/h8,15-16H,3-6H2,1-2H3. The molecule has 0 amide bonds. The van der Waals surface area contributed by atoms with E-state index in [0.29, 0.717) is 5.56 Å². The summed E-state index contributed by atoms with van der Waals surface area (Å²) >= 11 is 3.46. The molecule has 0 saturated heterocycles. The van der Waals surface area contributed by atoms with E-state index < -0.39 is 6.10 Å². The second kappa shape index (κ2) is 4.38. The largest absolute Gasteiger partial charge is 0.506 e. The van der Waals surface area contributed by atoms with Crippen molar-refractivity contribution in [3.05, 3.63) is 26.7 Å². The topological polar surface area (TPSA) is 40.5 Å². The lowest BCUT2D eigenvalue weighted by Crippen LogP contribution is -2.10. The normalized spacial score (nSPS) is 17.0. The van der Waals surface area contributed by atoms with Crippen LogP contribution in [0.15, 0.2) is 4.47 Å². The van der Waals surface area contributed by atoms with Crippen LogP contribution in [0.2, 0.25) is 0 Å². The van der Waals surface area contributed by atoms with Crippen molar-refractivity contribution in [1.82, 2.24) is 0 Å². The van der Waals surface area contributed by atoms with Crippen molar-refractivity contribution in [2.24, 2.45) is 0 Å². The van der Waals surface area contributed by atoms with Gasteiger partial charge >= 0.3 is 0 Å². The van der Waals surface area contributed by atoms with Crippen molar-refractivity contribution in [3.8, 4) is 5.75 Å². The number of halogens is 1. The van der Waals surface area contributed by atoms with Gasteiger partial charge in [0.25, 0.3) is 0 Å². The van der Waals surface area contributed by atoms with Crippen LogP contribution in [-0.2, 0) is 12.8 Å². The number of aliphatic hydroxyl groups is 1. The maximum absolute atomic E-state index is 10.1. The highest BCUT2D eigenvalue weighted by Crippen LogP contribution is 2.42. The van der Waals surface area contributed by atoms with Crippen molar-refractivity contribution >= 4 is 15.9 Å². The van der Waals surface area contributed by atoms with E-state index in [9.17, 15) is 10.2 Å². The number of hydrogen-bond donors (Lipinski definition) is 2. The van der Waals surface area contributed by atoms with Crippen LogP contribution >= 0.6 is 15.9 Å². The lowest BCUT2D eigenvalue weighted by atomic mass is 9.85. The summed E-state index contributed by atoms with van der Waals surface area (Å²) in [6, 6.07) is 0. The zero-order chi connectivity index (χ0) is 11.9. The molecule has 88 valence electrons. The number of hydrogen-bond acceptors (Lipinski definition) is 2. The molecular weight excluding hydrogens is 268 g/mol. The fourth-order valence-corrected chi connectivity index (χ4v) is 3.33. The van der Waals surface area contributed by atoms with Gasteiger partial charge in [-0.15, -0.1) is 0 Å². The Morgan fingerprint density at radius 2 is 1.75 bits per heavy atom. The molecule has 1 aliphatic rings. The SMILES string of the molecule is Cc1c2c(c(Br)c(O)c1C(C)O)CCCC2. The molecule has 0 bridgehead atoms. The molecule has 1 atom stereocenters. The van der Waals surface area contributed by atoms with Crippen molar-refractivity contribution in [3.63, 3.8) is 0 Å². The molecule has 2 rings (SSSR count). The van der Waals surface area contributed by atoms with Crippen LogP contribution in [0.5, 0.6) is 5.75 Å². The van der Waals surface area contributed by atoms with Gasteiger partial charge in [-0.3, -0.25) is 0 Å². The lowest BCUT2D eigenvalue weighted by Gasteiger charge is -2.24. The van der Waals surface area contributed by atoms with Crippen LogP contribution in [0, 0.1) is 6.92 Å². The quantitative estimate of drug-likeness (QED) is 0.830. The summed E-state index contributed by atoms with van der Waals surface area (Å²) in [6.07, 6.45) is 3.83. The Morgan fingerprint density at radius 1 is 1.19 bits per heavy atom. The summed E-state index contributed by atoms with van der Waals surface area (Å²) in [7, 11) is 0. The Hall–Kier alpha value is -0.540. The second-order valence-corrected chi connectivity index (χ2v) is 5.33. The molecule has 3 heteroatoms.